The summed E-state index contributed by atoms with van der Waals surface area (Å²) in [4.78, 5) is 3.98. The fraction of sp³-hybridized carbons (Fsp3) is 0.455. The maximum atomic E-state index is 2.66. The van der Waals surface area contributed by atoms with E-state index >= 15 is 0 Å². The Balaban J connectivity index is 1.29. The minimum absolute atomic E-state index is 0.769. The van der Waals surface area contributed by atoms with E-state index in [-0.39, 0.29) is 0 Å². The molecule has 0 amide bonds. The molecule has 0 aliphatic carbocycles. The number of unbranched alkanes of at least 4 members (excludes halogenated alkanes) is 1. The largest absolute Gasteiger partial charge is 0.303 e. The van der Waals surface area contributed by atoms with Crippen LogP contribution in [0, 0.1) is 0 Å². The standard InChI is InChI=1S/C22H30N2S/c1-23(25-22-12-6-3-7-13-22)16-8-9-17-24-18-14-21(15-19-24)20-10-4-2-5-11-20/h2-7,10-13,21H,8-9,14-19H2,1H3. The first kappa shape index (κ1) is 18.5. The maximum Gasteiger partial charge on any atom is 0.0230 e. The summed E-state index contributed by atoms with van der Waals surface area (Å²) in [5, 5.41) is 0. The lowest BCUT2D eigenvalue weighted by atomic mass is 9.89. The van der Waals surface area contributed by atoms with Gasteiger partial charge in [-0.25, -0.2) is 4.31 Å². The van der Waals surface area contributed by atoms with Crippen LogP contribution >= 0.6 is 11.9 Å². The van der Waals surface area contributed by atoms with Crippen LogP contribution in [-0.4, -0.2) is 42.4 Å². The Morgan fingerprint density at radius 1 is 0.920 bits per heavy atom. The van der Waals surface area contributed by atoms with E-state index in [9.17, 15) is 0 Å². The molecular formula is C22H30N2S. The Morgan fingerprint density at radius 2 is 1.56 bits per heavy atom. The minimum Gasteiger partial charge on any atom is -0.303 e. The van der Waals surface area contributed by atoms with E-state index in [1.54, 1.807) is 0 Å². The molecule has 2 aromatic rings. The van der Waals surface area contributed by atoms with E-state index in [0.717, 1.165) is 12.5 Å². The molecule has 1 saturated heterocycles. The fourth-order valence-electron chi connectivity index (χ4n) is 3.59. The van der Waals surface area contributed by atoms with E-state index in [2.05, 4.69) is 76.9 Å². The van der Waals surface area contributed by atoms with E-state index in [1.807, 2.05) is 11.9 Å². The van der Waals surface area contributed by atoms with Gasteiger partial charge in [0.1, 0.15) is 0 Å². The summed E-state index contributed by atoms with van der Waals surface area (Å²) in [5.41, 5.74) is 1.53. The van der Waals surface area contributed by atoms with Crippen molar-refractivity contribution in [1.82, 2.24) is 9.21 Å². The molecule has 0 bridgehead atoms. The molecule has 1 aliphatic heterocycles. The normalized spacial score (nSPS) is 16.4. The third-order valence-electron chi connectivity index (χ3n) is 5.06. The Morgan fingerprint density at radius 3 is 2.24 bits per heavy atom. The molecule has 134 valence electrons. The van der Waals surface area contributed by atoms with Gasteiger partial charge in [-0.05, 0) is 87.9 Å². The second-order valence-corrected chi connectivity index (χ2v) is 8.27. The number of rotatable bonds is 8. The van der Waals surface area contributed by atoms with Gasteiger partial charge in [0.05, 0.1) is 0 Å². The molecule has 3 heteroatoms. The van der Waals surface area contributed by atoms with Gasteiger partial charge < -0.3 is 4.90 Å². The second-order valence-electron chi connectivity index (χ2n) is 6.99. The Hall–Kier alpha value is -1.29. The van der Waals surface area contributed by atoms with Crippen LogP contribution in [-0.2, 0) is 0 Å². The summed E-state index contributed by atoms with van der Waals surface area (Å²) in [7, 11) is 2.20. The predicted molar refractivity (Wildman–Crippen MR) is 109 cm³/mol. The van der Waals surface area contributed by atoms with Crippen molar-refractivity contribution in [1.29, 1.82) is 0 Å². The molecule has 25 heavy (non-hydrogen) atoms. The molecule has 1 aliphatic rings. The zero-order valence-corrected chi connectivity index (χ0v) is 16.1. The van der Waals surface area contributed by atoms with Gasteiger partial charge in [-0.15, -0.1) is 0 Å². The van der Waals surface area contributed by atoms with Crippen molar-refractivity contribution in [3.05, 3.63) is 66.2 Å². The zero-order valence-electron chi connectivity index (χ0n) is 15.3. The highest BCUT2D eigenvalue weighted by molar-refractivity contribution is 7.97. The van der Waals surface area contributed by atoms with Gasteiger partial charge in [-0.1, -0.05) is 48.5 Å². The molecule has 2 aromatic carbocycles. The van der Waals surface area contributed by atoms with Gasteiger partial charge in [0, 0.05) is 11.4 Å². The molecule has 0 radical (unpaired) electrons. The highest BCUT2D eigenvalue weighted by atomic mass is 32.2. The van der Waals surface area contributed by atoms with Crippen LogP contribution in [0.4, 0.5) is 0 Å². The average molecular weight is 355 g/mol. The van der Waals surface area contributed by atoms with Crippen LogP contribution in [0.25, 0.3) is 0 Å². The van der Waals surface area contributed by atoms with Gasteiger partial charge in [-0.2, -0.15) is 0 Å². The van der Waals surface area contributed by atoms with E-state index in [1.165, 1.54) is 55.8 Å². The van der Waals surface area contributed by atoms with Crippen LogP contribution in [0.3, 0.4) is 0 Å². The van der Waals surface area contributed by atoms with Crippen LogP contribution < -0.4 is 0 Å². The average Bonchev–Trinajstić information content (AvgIpc) is 2.67. The van der Waals surface area contributed by atoms with Gasteiger partial charge in [-0.3, -0.25) is 0 Å². The third-order valence-corrected chi connectivity index (χ3v) is 6.04. The topological polar surface area (TPSA) is 6.48 Å². The molecule has 0 aromatic heterocycles. The van der Waals surface area contributed by atoms with E-state index < -0.39 is 0 Å². The van der Waals surface area contributed by atoms with Crippen molar-refractivity contribution in [3.8, 4) is 0 Å². The summed E-state index contributed by atoms with van der Waals surface area (Å²) in [6.45, 7) is 4.92. The number of hydrogen-bond acceptors (Lipinski definition) is 3. The number of piperidine rings is 1. The molecule has 0 spiro atoms. The Labute approximate surface area is 157 Å². The zero-order chi connectivity index (χ0) is 17.3. The number of likely N-dealkylation sites (tertiary alicyclic amines) is 1. The van der Waals surface area contributed by atoms with Gasteiger partial charge in [0.2, 0.25) is 0 Å². The van der Waals surface area contributed by atoms with Gasteiger partial charge >= 0.3 is 0 Å². The highest BCUT2D eigenvalue weighted by Gasteiger charge is 2.19. The highest BCUT2D eigenvalue weighted by Crippen LogP contribution is 2.27. The smallest absolute Gasteiger partial charge is 0.0230 e. The van der Waals surface area contributed by atoms with Gasteiger partial charge in [0.15, 0.2) is 0 Å². The lowest BCUT2D eigenvalue weighted by Gasteiger charge is -2.32. The van der Waals surface area contributed by atoms with Crippen molar-refractivity contribution in [2.45, 2.75) is 36.5 Å². The predicted octanol–water partition coefficient (Wildman–Crippen LogP) is 5.29. The first-order valence-corrected chi connectivity index (χ1v) is 10.3. The molecular weight excluding hydrogens is 324 g/mol. The van der Waals surface area contributed by atoms with Crippen LogP contribution in [0.1, 0.15) is 37.2 Å². The molecule has 0 unspecified atom stereocenters. The van der Waals surface area contributed by atoms with E-state index in [0.29, 0.717) is 0 Å². The van der Waals surface area contributed by atoms with Crippen molar-refractivity contribution in [3.63, 3.8) is 0 Å². The molecule has 2 nitrogen and oxygen atoms in total. The Bertz CT molecular complexity index is 594. The molecule has 0 atom stereocenters. The SMILES string of the molecule is CN(CCCCN1CCC(c2ccccc2)CC1)Sc1ccccc1. The first-order valence-electron chi connectivity index (χ1n) is 9.53. The lowest BCUT2D eigenvalue weighted by Crippen LogP contribution is -2.33. The van der Waals surface area contributed by atoms with Crippen molar-refractivity contribution >= 4 is 11.9 Å². The molecule has 0 N–H and O–H groups in total. The molecule has 3 rings (SSSR count). The summed E-state index contributed by atoms with van der Waals surface area (Å²) in [6, 6.07) is 21.7. The van der Waals surface area contributed by atoms with Crippen LogP contribution in [0.2, 0.25) is 0 Å². The maximum absolute atomic E-state index is 2.66. The van der Waals surface area contributed by atoms with Crippen LogP contribution in [0.15, 0.2) is 65.6 Å². The van der Waals surface area contributed by atoms with Crippen molar-refractivity contribution < 1.29 is 0 Å². The van der Waals surface area contributed by atoms with E-state index in [4.69, 9.17) is 0 Å². The fourth-order valence-corrected chi connectivity index (χ4v) is 4.45. The summed E-state index contributed by atoms with van der Waals surface area (Å²) in [5.74, 6) is 0.769. The lowest BCUT2D eigenvalue weighted by molar-refractivity contribution is 0.208. The molecule has 0 saturated carbocycles. The van der Waals surface area contributed by atoms with Crippen molar-refractivity contribution in [2.75, 3.05) is 33.2 Å². The van der Waals surface area contributed by atoms with Crippen molar-refractivity contribution in [2.24, 2.45) is 0 Å². The number of nitrogens with zero attached hydrogens (tertiary/aromatic N) is 2. The molecule has 1 fully saturated rings. The second kappa shape index (κ2) is 10.0. The first-order chi connectivity index (χ1) is 12.3. The molecule has 1 heterocycles. The Kier molecular flexibility index (Phi) is 7.40. The quantitative estimate of drug-likeness (QED) is 0.470. The summed E-state index contributed by atoms with van der Waals surface area (Å²) in [6.07, 6.45) is 5.20. The summed E-state index contributed by atoms with van der Waals surface area (Å²) >= 11 is 1.85. The number of benzene rings is 2. The summed E-state index contributed by atoms with van der Waals surface area (Å²) < 4.78 is 2.36. The minimum atomic E-state index is 0.769. The van der Waals surface area contributed by atoms with Gasteiger partial charge in [0.25, 0.3) is 0 Å². The number of hydrogen-bond donors (Lipinski definition) is 0. The third kappa shape index (κ3) is 6.18. The van der Waals surface area contributed by atoms with Crippen LogP contribution in [0.5, 0.6) is 0 Å². The monoisotopic (exact) mass is 354 g/mol.